The second-order valence-corrected chi connectivity index (χ2v) is 6.10. The molecule has 2 aliphatic rings. The van der Waals surface area contributed by atoms with Crippen LogP contribution in [0.3, 0.4) is 0 Å². The number of hydrogen-bond donors (Lipinski definition) is 1. The predicted octanol–water partition coefficient (Wildman–Crippen LogP) is 0.479. The van der Waals surface area contributed by atoms with Crippen molar-refractivity contribution in [2.75, 3.05) is 25.2 Å². The van der Waals surface area contributed by atoms with E-state index in [1.807, 2.05) is 4.57 Å². The van der Waals surface area contributed by atoms with Crippen molar-refractivity contribution in [1.82, 2.24) is 19.5 Å². The minimum atomic E-state index is 0.0565. The van der Waals surface area contributed by atoms with Gasteiger partial charge in [0.25, 0.3) is 0 Å². The Morgan fingerprint density at radius 2 is 2.10 bits per heavy atom. The zero-order valence-electron chi connectivity index (χ0n) is 11.0. The maximum absolute atomic E-state index is 5.93. The average Bonchev–Trinajstić information content (AvgIpc) is 3.11. The summed E-state index contributed by atoms with van der Waals surface area (Å²) in [5, 5.41) is 0.402. The first-order chi connectivity index (χ1) is 9.79. The number of nitrogens with two attached hydrogens (primary N) is 1. The van der Waals surface area contributed by atoms with Crippen LogP contribution in [0.15, 0.2) is 12.7 Å². The molecule has 0 aliphatic carbocycles. The Morgan fingerprint density at radius 3 is 2.95 bits per heavy atom. The number of anilines is 1. The summed E-state index contributed by atoms with van der Waals surface area (Å²) in [7, 11) is 0. The second-order valence-electron chi connectivity index (χ2n) is 5.02. The number of imidazole rings is 1. The predicted molar refractivity (Wildman–Crippen MR) is 75.6 cm³/mol. The van der Waals surface area contributed by atoms with Gasteiger partial charge in [-0.3, -0.25) is 0 Å². The SMILES string of the molecule is CS[C@@H]1CO[C@H]2[C@@H]1OC[C@@H]2n1cnc2c(N)ncnc21. The van der Waals surface area contributed by atoms with Gasteiger partial charge < -0.3 is 19.8 Å². The molecule has 4 atom stereocenters. The number of fused-ring (bicyclic) bond motifs is 2. The largest absolute Gasteiger partial charge is 0.382 e. The Kier molecular flexibility index (Phi) is 2.83. The Hall–Kier alpha value is -1.38. The van der Waals surface area contributed by atoms with Gasteiger partial charge >= 0.3 is 0 Å². The second kappa shape index (κ2) is 4.57. The summed E-state index contributed by atoms with van der Waals surface area (Å²) >= 11 is 1.79. The van der Waals surface area contributed by atoms with Crippen LogP contribution in [-0.4, -0.2) is 56.4 Å². The van der Waals surface area contributed by atoms with Gasteiger partial charge in [-0.25, -0.2) is 15.0 Å². The quantitative estimate of drug-likeness (QED) is 0.861. The summed E-state index contributed by atoms with van der Waals surface area (Å²) in [5.74, 6) is 0.401. The number of nitrogens with zero attached hydrogens (tertiary/aromatic N) is 4. The summed E-state index contributed by atoms with van der Waals surface area (Å²) in [6.07, 6.45) is 5.51. The van der Waals surface area contributed by atoms with Crippen LogP contribution in [0.4, 0.5) is 5.82 Å². The smallest absolute Gasteiger partial charge is 0.165 e. The van der Waals surface area contributed by atoms with Crippen molar-refractivity contribution in [2.45, 2.75) is 23.5 Å². The molecule has 4 heterocycles. The number of aromatic nitrogens is 4. The summed E-state index contributed by atoms with van der Waals surface area (Å²) in [5.41, 5.74) is 7.20. The third kappa shape index (κ3) is 1.65. The van der Waals surface area contributed by atoms with E-state index in [4.69, 9.17) is 15.2 Å². The van der Waals surface area contributed by atoms with E-state index in [-0.39, 0.29) is 18.2 Å². The van der Waals surface area contributed by atoms with E-state index >= 15 is 0 Å². The standard InChI is InChI=1S/C12H15N5O2S/c1-20-7-3-19-9-6(2-18-10(7)9)17-5-16-8-11(13)14-4-15-12(8)17/h4-7,9-10H,2-3H2,1H3,(H2,13,14,15)/t6-,7+,9+,10+/m0/s1. The highest BCUT2D eigenvalue weighted by Crippen LogP contribution is 2.39. The molecule has 0 aromatic carbocycles. The van der Waals surface area contributed by atoms with Crippen molar-refractivity contribution in [3.8, 4) is 0 Å². The number of nitrogen functional groups attached to an aromatic ring is 1. The van der Waals surface area contributed by atoms with Crippen LogP contribution in [0.5, 0.6) is 0 Å². The number of hydrogen-bond acceptors (Lipinski definition) is 7. The molecule has 0 saturated carbocycles. The molecular weight excluding hydrogens is 278 g/mol. The van der Waals surface area contributed by atoms with Crippen molar-refractivity contribution in [1.29, 1.82) is 0 Å². The van der Waals surface area contributed by atoms with E-state index in [0.29, 0.717) is 23.2 Å². The lowest BCUT2D eigenvalue weighted by atomic mass is 10.1. The maximum Gasteiger partial charge on any atom is 0.165 e. The first kappa shape index (κ1) is 12.4. The van der Waals surface area contributed by atoms with Crippen LogP contribution >= 0.6 is 11.8 Å². The molecule has 2 fully saturated rings. The van der Waals surface area contributed by atoms with Crippen LogP contribution in [0.2, 0.25) is 0 Å². The Labute approximate surface area is 119 Å². The van der Waals surface area contributed by atoms with Crippen molar-refractivity contribution in [3.05, 3.63) is 12.7 Å². The lowest BCUT2D eigenvalue weighted by Crippen LogP contribution is -2.28. The first-order valence-electron chi connectivity index (χ1n) is 6.48. The van der Waals surface area contributed by atoms with Crippen LogP contribution < -0.4 is 5.73 Å². The lowest BCUT2D eigenvalue weighted by Gasteiger charge is -2.17. The molecule has 4 rings (SSSR count). The molecule has 0 amide bonds. The molecule has 2 aromatic heterocycles. The summed E-state index contributed by atoms with van der Waals surface area (Å²) in [6, 6.07) is 0.0939. The molecular formula is C12H15N5O2S. The van der Waals surface area contributed by atoms with Crippen molar-refractivity contribution in [2.24, 2.45) is 0 Å². The molecule has 2 aromatic rings. The van der Waals surface area contributed by atoms with Crippen LogP contribution in [0.1, 0.15) is 6.04 Å². The Morgan fingerprint density at radius 1 is 1.25 bits per heavy atom. The van der Waals surface area contributed by atoms with Gasteiger partial charge in [0.05, 0.1) is 36.9 Å². The molecule has 0 spiro atoms. The van der Waals surface area contributed by atoms with Gasteiger partial charge in [-0.1, -0.05) is 0 Å². The highest BCUT2D eigenvalue weighted by molar-refractivity contribution is 7.99. The van der Waals surface area contributed by atoms with E-state index in [1.54, 1.807) is 18.1 Å². The fourth-order valence-corrected chi connectivity index (χ4v) is 3.71. The molecule has 2 N–H and O–H groups in total. The van der Waals surface area contributed by atoms with E-state index in [0.717, 1.165) is 12.3 Å². The van der Waals surface area contributed by atoms with Gasteiger partial charge in [-0.05, 0) is 6.26 Å². The minimum absolute atomic E-state index is 0.0565. The molecule has 0 unspecified atom stereocenters. The van der Waals surface area contributed by atoms with Crippen molar-refractivity contribution in [3.63, 3.8) is 0 Å². The summed E-state index contributed by atoms with van der Waals surface area (Å²) < 4.78 is 13.9. The van der Waals surface area contributed by atoms with Gasteiger partial charge in [0, 0.05) is 0 Å². The fraction of sp³-hybridized carbons (Fsp3) is 0.583. The Bertz CT molecular complexity index is 648. The average molecular weight is 293 g/mol. The number of ether oxygens (including phenoxy) is 2. The molecule has 7 nitrogen and oxygen atoms in total. The zero-order chi connectivity index (χ0) is 13.7. The first-order valence-corrected chi connectivity index (χ1v) is 7.77. The van der Waals surface area contributed by atoms with Gasteiger partial charge in [-0.15, -0.1) is 0 Å². The van der Waals surface area contributed by atoms with E-state index < -0.39 is 0 Å². The van der Waals surface area contributed by atoms with Gasteiger partial charge in [0.15, 0.2) is 11.5 Å². The normalized spacial score (nSPS) is 32.9. The molecule has 8 heteroatoms. The molecule has 2 saturated heterocycles. The summed E-state index contributed by atoms with van der Waals surface area (Å²) in [4.78, 5) is 12.6. The maximum atomic E-state index is 5.93. The van der Waals surface area contributed by atoms with Gasteiger partial charge in [0.1, 0.15) is 17.9 Å². The topological polar surface area (TPSA) is 88.1 Å². The number of rotatable bonds is 2. The Balaban J connectivity index is 1.72. The molecule has 106 valence electrons. The minimum Gasteiger partial charge on any atom is -0.382 e. The highest BCUT2D eigenvalue weighted by atomic mass is 32.2. The third-order valence-corrected chi connectivity index (χ3v) is 5.04. The highest BCUT2D eigenvalue weighted by Gasteiger charge is 2.48. The van der Waals surface area contributed by atoms with Gasteiger partial charge in [-0.2, -0.15) is 11.8 Å². The van der Waals surface area contributed by atoms with Gasteiger partial charge in [0.2, 0.25) is 0 Å². The molecule has 20 heavy (non-hydrogen) atoms. The zero-order valence-corrected chi connectivity index (χ0v) is 11.8. The molecule has 0 radical (unpaired) electrons. The fourth-order valence-electron chi connectivity index (χ4n) is 3.00. The van der Waals surface area contributed by atoms with E-state index in [1.165, 1.54) is 6.33 Å². The molecule has 2 aliphatic heterocycles. The van der Waals surface area contributed by atoms with Crippen LogP contribution in [-0.2, 0) is 9.47 Å². The number of thioether (sulfide) groups is 1. The van der Waals surface area contributed by atoms with Crippen LogP contribution in [0.25, 0.3) is 11.2 Å². The van der Waals surface area contributed by atoms with Crippen molar-refractivity contribution < 1.29 is 9.47 Å². The van der Waals surface area contributed by atoms with Crippen LogP contribution in [0, 0.1) is 0 Å². The van der Waals surface area contributed by atoms with E-state index in [9.17, 15) is 0 Å². The lowest BCUT2D eigenvalue weighted by molar-refractivity contribution is 0.0655. The van der Waals surface area contributed by atoms with E-state index in [2.05, 4.69) is 21.2 Å². The summed E-state index contributed by atoms with van der Waals surface area (Å²) in [6.45, 7) is 1.35. The third-order valence-electron chi connectivity index (χ3n) is 4.03. The molecule has 0 bridgehead atoms. The monoisotopic (exact) mass is 293 g/mol. The van der Waals surface area contributed by atoms with Crippen molar-refractivity contribution >= 4 is 28.7 Å².